The molecule has 1 N–H and O–H groups in total. The molecule has 4 heteroatoms. The Labute approximate surface area is 139 Å². The largest absolute Gasteiger partial charge is 0.466 e. The van der Waals surface area contributed by atoms with Crippen LogP contribution in [0, 0.1) is 25.7 Å². The number of furan rings is 1. The summed E-state index contributed by atoms with van der Waals surface area (Å²) in [6.45, 7) is 8.15. The van der Waals surface area contributed by atoms with Crippen molar-refractivity contribution in [2.75, 3.05) is 19.6 Å². The van der Waals surface area contributed by atoms with E-state index in [0.29, 0.717) is 17.7 Å². The molecule has 1 saturated heterocycles. The molecule has 2 aliphatic rings. The zero-order valence-corrected chi connectivity index (χ0v) is 14.6. The molecule has 2 fully saturated rings. The SMILES string of the molecule is Cc1cc(CN2CCC(CNC(=O)C3CCCC3)CC2)c(C)o1. The second-order valence-corrected chi connectivity index (χ2v) is 7.38. The average Bonchev–Trinajstić information content (AvgIpc) is 3.17. The number of hydrogen-bond donors (Lipinski definition) is 1. The number of aryl methyl sites for hydroxylation is 2. The van der Waals surface area contributed by atoms with Crippen molar-refractivity contribution < 1.29 is 9.21 Å². The first kappa shape index (κ1) is 16.6. The van der Waals surface area contributed by atoms with Crippen LogP contribution >= 0.6 is 0 Å². The second-order valence-electron chi connectivity index (χ2n) is 7.38. The molecule has 1 aliphatic heterocycles. The first-order valence-electron chi connectivity index (χ1n) is 9.18. The van der Waals surface area contributed by atoms with E-state index in [1.165, 1.54) is 31.2 Å². The van der Waals surface area contributed by atoms with E-state index in [1.807, 2.05) is 13.8 Å². The molecule has 1 amide bonds. The van der Waals surface area contributed by atoms with Crippen LogP contribution in [0.25, 0.3) is 0 Å². The zero-order valence-electron chi connectivity index (χ0n) is 14.6. The summed E-state index contributed by atoms with van der Waals surface area (Å²) in [6, 6.07) is 2.16. The Morgan fingerprint density at radius 3 is 2.52 bits per heavy atom. The molecule has 23 heavy (non-hydrogen) atoms. The van der Waals surface area contributed by atoms with Crippen LogP contribution in [-0.2, 0) is 11.3 Å². The number of piperidine rings is 1. The molecule has 1 saturated carbocycles. The highest BCUT2D eigenvalue weighted by Crippen LogP contribution is 2.25. The highest BCUT2D eigenvalue weighted by Gasteiger charge is 2.25. The van der Waals surface area contributed by atoms with E-state index >= 15 is 0 Å². The van der Waals surface area contributed by atoms with Crippen molar-refractivity contribution in [2.24, 2.45) is 11.8 Å². The van der Waals surface area contributed by atoms with Gasteiger partial charge in [0.2, 0.25) is 5.91 Å². The number of amides is 1. The second kappa shape index (κ2) is 7.52. The molecule has 128 valence electrons. The summed E-state index contributed by atoms with van der Waals surface area (Å²) < 4.78 is 5.62. The van der Waals surface area contributed by atoms with Gasteiger partial charge in [0.05, 0.1) is 0 Å². The van der Waals surface area contributed by atoms with Gasteiger partial charge in [-0.05, 0) is 64.6 Å². The van der Waals surface area contributed by atoms with Crippen LogP contribution < -0.4 is 5.32 Å². The van der Waals surface area contributed by atoms with E-state index in [0.717, 1.165) is 50.5 Å². The van der Waals surface area contributed by atoms with Crippen molar-refractivity contribution in [3.63, 3.8) is 0 Å². The van der Waals surface area contributed by atoms with Gasteiger partial charge in [-0.3, -0.25) is 9.69 Å². The fourth-order valence-corrected chi connectivity index (χ4v) is 4.01. The van der Waals surface area contributed by atoms with Crippen molar-refractivity contribution in [1.82, 2.24) is 10.2 Å². The van der Waals surface area contributed by atoms with Crippen LogP contribution in [0.4, 0.5) is 0 Å². The lowest BCUT2D eigenvalue weighted by atomic mass is 9.96. The van der Waals surface area contributed by atoms with E-state index in [1.54, 1.807) is 0 Å². The third-order valence-electron chi connectivity index (χ3n) is 5.54. The summed E-state index contributed by atoms with van der Waals surface area (Å²) in [6.07, 6.45) is 7.00. The van der Waals surface area contributed by atoms with Crippen molar-refractivity contribution in [1.29, 1.82) is 0 Å². The summed E-state index contributed by atoms with van der Waals surface area (Å²) in [5, 5.41) is 3.20. The van der Waals surface area contributed by atoms with Crippen LogP contribution in [0.15, 0.2) is 10.5 Å². The first-order valence-corrected chi connectivity index (χ1v) is 9.18. The number of carbonyl (C=O) groups is 1. The number of carbonyl (C=O) groups excluding carboxylic acids is 1. The van der Waals surface area contributed by atoms with Gasteiger partial charge in [-0.15, -0.1) is 0 Å². The highest BCUT2D eigenvalue weighted by atomic mass is 16.3. The highest BCUT2D eigenvalue weighted by molar-refractivity contribution is 5.78. The molecular weight excluding hydrogens is 288 g/mol. The number of likely N-dealkylation sites (tertiary alicyclic amines) is 1. The number of nitrogens with one attached hydrogen (secondary N) is 1. The lowest BCUT2D eigenvalue weighted by Crippen LogP contribution is -2.39. The van der Waals surface area contributed by atoms with E-state index in [-0.39, 0.29) is 0 Å². The van der Waals surface area contributed by atoms with Crippen LogP contribution in [-0.4, -0.2) is 30.4 Å². The molecule has 0 spiro atoms. The van der Waals surface area contributed by atoms with E-state index in [9.17, 15) is 4.79 Å². The third-order valence-corrected chi connectivity index (χ3v) is 5.54. The number of hydrogen-bond acceptors (Lipinski definition) is 3. The zero-order chi connectivity index (χ0) is 16.2. The fraction of sp³-hybridized carbons (Fsp3) is 0.737. The Morgan fingerprint density at radius 2 is 1.91 bits per heavy atom. The predicted octanol–water partition coefficient (Wildman–Crippen LogP) is 3.41. The normalized spacial score (nSPS) is 21.0. The van der Waals surface area contributed by atoms with Gasteiger partial charge in [-0.1, -0.05) is 12.8 Å². The maximum Gasteiger partial charge on any atom is 0.223 e. The van der Waals surface area contributed by atoms with Crippen LogP contribution in [0.2, 0.25) is 0 Å². The molecule has 0 aromatic carbocycles. The Morgan fingerprint density at radius 1 is 1.22 bits per heavy atom. The molecule has 1 aromatic heterocycles. The Hall–Kier alpha value is -1.29. The third kappa shape index (κ3) is 4.37. The number of rotatable bonds is 5. The molecule has 2 heterocycles. The van der Waals surface area contributed by atoms with E-state index < -0.39 is 0 Å². The van der Waals surface area contributed by atoms with E-state index in [2.05, 4.69) is 16.3 Å². The van der Waals surface area contributed by atoms with Gasteiger partial charge >= 0.3 is 0 Å². The standard InChI is InChI=1S/C19H30N2O2/c1-14-11-18(15(2)23-14)13-21-9-7-16(8-10-21)12-20-19(22)17-5-3-4-6-17/h11,16-17H,3-10,12-13H2,1-2H3,(H,20,22). The fourth-order valence-electron chi connectivity index (χ4n) is 4.01. The molecule has 0 radical (unpaired) electrons. The van der Waals surface area contributed by atoms with Gasteiger partial charge in [0.1, 0.15) is 11.5 Å². The van der Waals surface area contributed by atoms with Gasteiger partial charge in [0, 0.05) is 24.6 Å². The average molecular weight is 318 g/mol. The lowest BCUT2D eigenvalue weighted by Gasteiger charge is -2.32. The minimum absolute atomic E-state index is 0.294. The Bertz CT molecular complexity index is 523. The lowest BCUT2D eigenvalue weighted by molar-refractivity contribution is -0.125. The molecule has 0 bridgehead atoms. The first-order chi connectivity index (χ1) is 11.1. The summed E-state index contributed by atoms with van der Waals surface area (Å²) in [4.78, 5) is 14.6. The van der Waals surface area contributed by atoms with Crippen LogP contribution in [0.3, 0.4) is 0 Å². The van der Waals surface area contributed by atoms with Crippen molar-refractivity contribution in [2.45, 2.75) is 58.9 Å². The minimum atomic E-state index is 0.294. The van der Waals surface area contributed by atoms with Crippen LogP contribution in [0.5, 0.6) is 0 Å². The van der Waals surface area contributed by atoms with Gasteiger partial charge < -0.3 is 9.73 Å². The summed E-state index contributed by atoms with van der Waals surface area (Å²) in [5.74, 6) is 3.29. The van der Waals surface area contributed by atoms with Crippen molar-refractivity contribution in [3.05, 3.63) is 23.2 Å². The minimum Gasteiger partial charge on any atom is -0.466 e. The van der Waals surface area contributed by atoms with Gasteiger partial charge in [-0.25, -0.2) is 0 Å². The molecule has 3 rings (SSSR count). The van der Waals surface area contributed by atoms with Crippen LogP contribution in [0.1, 0.15) is 55.6 Å². The summed E-state index contributed by atoms with van der Waals surface area (Å²) in [5.41, 5.74) is 1.32. The summed E-state index contributed by atoms with van der Waals surface area (Å²) in [7, 11) is 0. The smallest absolute Gasteiger partial charge is 0.223 e. The molecule has 0 unspecified atom stereocenters. The van der Waals surface area contributed by atoms with Gasteiger partial charge in [0.25, 0.3) is 0 Å². The molecule has 1 aromatic rings. The Balaban J connectivity index is 1.38. The summed E-state index contributed by atoms with van der Waals surface area (Å²) >= 11 is 0. The van der Waals surface area contributed by atoms with Gasteiger partial charge in [0.15, 0.2) is 0 Å². The molecule has 0 atom stereocenters. The quantitative estimate of drug-likeness (QED) is 0.905. The van der Waals surface area contributed by atoms with Gasteiger partial charge in [-0.2, -0.15) is 0 Å². The predicted molar refractivity (Wildman–Crippen MR) is 91.2 cm³/mol. The Kier molecular flexibility index (Phi) is 5.42. The number of nitrogens with zero attached hydrogens (tertiary/aromatic N) is 1. The van der Waals surface area contributed by atoms with Crippen molar-refractivity contribution in [3.8, 4) is 0 Å². The monoisotopic (exact) mass is 318 g/mol. The van der Waals surface area contributed by atoms with E-state index in [4.69, 9.17) is 4.42 Å². The maximum atomic E-state index is 12.1. The molecule has 4 nitrogen and oxygen atoms in total. The van der Waals surface area contributed by atoms with Crippen molar-refractivity contribution >= 4 is 5.91 Å². The molecule has 1 aliphatic carbocycles. The molecular formula is C19H30N2O2. The topological polar surface area (TPSA) is 45.5 Å². The maximum absolute atomic E-state index is 12.1.